The predicted octanol–water partition coefficient (Wildman–Crippen LogP) is 3.63. The van der Waals surface area contributed by atoms with Crippen LogP contribution in [0.5, 0.6) is 5.75 Å². The Bertz CT molecular complexity index is 1000. The van der Waals surface area contributed by atoms with Gasteiger partial charge in [0.25, 0.3) is 10.0 Å². The molecule has 1 N–H and O–H groups in total. The maximum absolute atomic E-state index is 13.0. The number of methoxy groups -OCH3 is 1. The van der Waals surface area contributed by atoms with Crippen molar-refractivity contribution in [2.75, 3.05) is 13.7 Å². The van der Waals surface area contributed by atoms with Crippen molar-refractivity contribution >= 4 is 10.0 Å². The molecule has 0 unspecified atom stereocenters. The highest BCUT2D eigenvalue weighted by Crippen LogP contribution is 2.29. The molecular formula is C21H23NO4S. The van der Waals surface area contributed by atoms with E-state index in [-0.39, 0.29) is 11.5 Å². The second-order valence-electron chi connectivity index (χ2n) is 6.40. The molecule has 1 aromatic heterocycles. The summed E-state index contributed by atoms with van der Waals surface area (Å²) in [4.78, 5) is 0.248. The van der Waals surface area contributed by atoms with Gasteiger partial charge in [0.2, 0.25) is 0 Å². The summed E-state index contributed by atoms with van der Waals surface area (Å²) >= 11 is 0. The molecule has 0 atom stereocenters. The van der Waals surface area contributed by atoms with E-state index in [9.17, 15) is 13.5 Å². The standard InChI is InChI=1S/C21H23NO4S/c1-16-5-11-20(12-6-16)27(24,25)22-14-18(4-3-13-23)21(15-22)17-7-9-19(26-2)10-8-17/h5-12,14-15,23H,3-4,13H2,1-2H3. The molecule has 3 rings (SSSR count). The maximum atomic E-state index is 13.0. The molecule has 0 radical (unpaired) electrons. The van der Waals surface area contributed by atoms with E-state index in [1.54, 1.807) is 43.8 Å². The first-order valence-electron chi connectivity index (χ1n) is 8.74. The third-order valence-corrected chi connectivity index (χ3v) is 6.12. The van der Waals surface area contributed by atoms with Gasteiger partial charge in [-0.2, -0.15) is 0 Å². The number of aryl methyl sites for hydroxylation is 2. The number of benzene rings is 2. The highest BCUT2D eigenvalue weighted by atomic mass is 32.2. The third-order valence-electron chi connectivity index (χ3n) is 4.49. The fraction of sp³-hybridized carbons (Fsp3) is 0.238. The average Bonchev–Trinajstić information content (AvgIpc) is 3.12. The van der Waals surface area contributed by atoms with Crippen LogP contribution in [0.1, 0.15) is 17.5 Å². The largest absolute Gasteiger partial charge is 0.497 e. The fourth-order valence-corrected chi connectivity index (χ4v) is 4.17. The number of rotatable bonds is 7. The van der Waals surface area contributed by atoms with E-state index < -0.39 is 10.0 Å². The van der Waals surface area contributed by atoms with Crippen LogP contribution in [-0.2, 0) is 16.4 Å². The molecule has 3 aromatic rings. The zero-order chi connectivity index (χ0) is 19.4. The molecule has 5 nitrogen and oxygen atoms in total. The minimum Gasteiger partial charge on any atom is -0.497 e. The van der Waals surface area contributed by atoms with Crippen molar-refractivity contribution in [1.29, 1.82) is 0 Å². The van der Waals surface area contributed by atoms with Crippen LogP contribution in [0.15, 0.2) is 65.8 Å². The van der Waals surface area contributed by atoms with Crippen LogP contribution in [0.2, 0.25) is 0 Å². The zero-order valence-corrected chi connectivity index (χ0v) is 16.2. The van der Waals surface area contributed by atoms with Crippen LogP contribution < -0.4 is 4.74 Å². The van der Waals surface area contributed by atoms with Crippen LogP contribution >= 0.6 is 0 Å². The Hall–Kier alpha value is -2.57. The lowest BCUT2D eigenvalue weighted by Gasteiger charge is -2.06. The van der Waals surface area contributed by atoms with Crippen molar-refractivity contribution < 1.29 is 18.3 Å². The van der Waals surface area contributed by atoms with Gasteiger partial charge in [0.05, 0.1) is 12.0 Å². The van der Waals surface area contributed by atoms with E-state index in [1.165, 1.54) is 3.97 Å². The summed E-state index contributed by atoms with van der Waals surface area (Å²) < 4.78 is 32.5. The summed E-state index contributed by atoms with van der Waals surface area (Å²) in [5.74, 6) is 0.738. The molecule has 0 saturated heterocycles. The number of nitrogens with zero attached hydrogens (tertiary/aromatic N) is 1. The highest BCUT2D eigenvalue weighted by molar-refractivity contribution is 7.90. The van der Waals surface area contributed by atoms with E-state index >= 15 is 0 Å². The molecule has 0 aliphatic heterocycles. The van der Waals surface area contributed by atoms with Crippen molar-refractivity contribution in [3.05, 3.63) is 72.1 Å². The van der Waals surface area contributed by atoms with Gasteiger partial charge in [0.1, 0.15) is 5.75 Å². The highest BCUT2D eigenvalue weighted by Gasteiger charge is 2.20. The fourth-order valence-electron chi connectivity index (χ4n) is 2.94. The molecule has 6 heteroatoms. The summed E-state index contributed by atoms with van der Waals surface area (Å²) in [6.07, 6.45) is 4.44. The second-order valence-corrected chi connectivity index (χ2v) is 8.24. The van der Waals surface area contributed by atoms with Gasteiger partial charge in [-0.1, -0.05) is 29.8 Å². The van der Waals surface area contributed by atoms with Gasteiger partial charge in [0, 0.05) is 24.6 Å². The summed E-state index contributed by atoms with van der Waals surface area (Å²) in [7, 11) is -2.07. The smallest absolute Gasteiger partial charge is 0.267 e. The lowest BCUT2D eigenvalue weighted by atomic mass is 10.0. The quantitative estimate of drug-likeness (QED) is 0.674. The van der Waals surface area contributed by atoms with Gasteiger partial charge in [-0.3, -0.25) is 0 Å². The monoisotopic (exact) mass is 385 g/mol. The molecule has 0 saturated carbocycles. The number of aromatic nitrogens is 1. The molecule has 2 aromatic carbocycles. The van der Waals surface area contributed by atoms with E-state index in [4.69, 9.17) is 4.74 Å². The van der Waals surface area contributed by atoms with Crippen molar-refractivity contribution in [2.45, 2.75) is 24.7 Å². The molecule has 0 aliphatic rings. The lowest BCUT2D eigenvalue weighted by Crippen LogP contribution is -2.10. The number of aliphatic hydroxyl groups excluding tert-OH is 1. The van der Waals surface area contributed by atoms with Gasteiger partial charge < -0.3 is 9.84 Å². The Labute approximate surface area is 159 Å². The van der Waals surface area contributed by atoms with Crippen molar-refractivity contribution in [1.82, 2.24) is 3.97 Å². The van der Waals surface area contributed by atoms with Crippen LogP contribution in [0.3, 0.4) is 0 Å². The van der Waals surface area contributed by atoms with E-state index in [2.05, 4.69) is 0 Å². The Balaban J connectivity index is 2.06. The molecule has 1 heterocycles. The van der Waals surface area contributed by atoms with Gasteiger partial charge in [-0.05, 0) is 55.2 Å². The summed E-state index contributed by atoms with van der Waals surface area (Å²) in [6.45, 7) is 1.97. The minimum absolute atomic E-state index is 0.0535. The Morgan fingerprint density at radius 2 is 1.67 bits per heavy atom. The molecule has 27 heavy (non-hydrogen) atoms. The summed E-state index contributed by atoms with van der Waals surface area (Å²) in [5.41, 5.74) is 3.62. The van der Waals surface area contributed by atoms with E-state index in [1.807, 2.05) is 31.2 Å². The van der Waals surface area contributed by atoms with E-state index in [0.717, 1.165) is 28.0 Å². The molecule has 142 valence electrons. The van der Waals surface area contributed by atoms with Gasteiger partial charge in [0.15, 0.2) is 0 Å². The number of hydrogen-bond acceptors (Lipinski definition) is 4. The molecule has 0 amide bonds. The van der Waals surface area contributed by atoms with Crippen LogP contribution in [0.25, 0.3) is 11.1 Å². The lowest BCUT2D eigenvalue weighted by molar-refractivity contribution is 0.288. The summed E-state index contributed by atoms with van der Waals surface area (Å²) in [6, 6.07) is 14.3. The first-order valence-corrected chi connectivity index (χ1v) is 10.2. The Morgan fingerprint density at radius 1 is 1.00 bits per heavy atom. The topological polar surface area (TPSA) is 68.5 Å². The SMILES string of the molecule is COc1ccc(-c2cn(S(=O)(=O)c3ccc(C)cc3)cc2CCCO)cc1. The van der Waals surface area contributed by atoms with E-state index in [0.29, 0.717) is 12.8 Å². The number of aliphatic hydroxyl groups is 1. The average molecular weight is 385 g/mol. The van der Waals surface area contributed by atoms with Crippen LogP contribution in [0.4, 0.5) is 0 Å². The third kappa shape index (κ3) is 4.07. The van der Waals surface area contributed by atoms with Gasteiger partial charge in [-0.15, -0.1) is 0 Å². The molecule has 0 spiro atoms. The molecule has 0 fully saturated rings. The molecule has 0 aliphatic carbocycles. The zero-order valence-electron chi connectivity index (χ0n) is 15.4. The Morgan fingerprint density at radius 3 is 2.26 bits per heavy atom. The normalized spacial score (nSPS) is 11.5. The van der Waals surface area contributed by atoms with Gasteiger partial charge >= 0.3 is 0 Å². The van der Waals surface area contributed by atoms with Crippen molar-refractivity contribution in [3.63, 3.8) is 0 Å². The van der Waals surface area contributed by atoms with Gasteiger partial charge in [-0.25, -0.2) is 12.4 Å². The second kappa shape index (κ2) is 7.98. The predicted molar refractivity (Wildman–Crippen MR) is 106 cm³/mol. The minimum atomic E-state index is -3.67. The maximum Gasteiger partial charge on any atom is 0.267 e. The first kappa shape index (κ1) is 19.2. The van der Waals surface area contributed by atoms with Crippen LogP contribution in [-0.4, -0.2) is 31.2 Å². The molecular weight excluding hydrogens is 362 g/mol. The van der Waals surface area contributed by atoms with Crippen molar-refractivity contribution in [2.24, 2.45) is 0 Å². The number of ether oxygens (including phenoxy) is 1. The summed E-state index contributed by atoms with van der Waals surface area (Å²) in [5, 5.41) is 9.19. The Kier molecular flexibility index (Phi) is 5.68. The molecule has 0 bridgehead atoms. The first-order chi connectivity index (χ1) is 13.0. The van der Waals surface area contributed by atoms with Crippen LogP contribution in [0, 0.1) is 6.92 Å². The number of hydrogen-bond donors (Lipinski definition) is 1. The van der Waals surface area contributed by atoms with Crippen molar-refractivity contribution in [3.8, 4) is 16.9 Å².